The first-order valence-corrected chi connectivity index (χ1v) is 8.98. The fourth-order valence-electron chi connectivity index (χ4n) is 2.32. The van der Waals surface area contributed by atoms with Crippen LogP contribution in [-0.2, 0) is 27.5 Å². The minimum atomic E-state index is -3.20. The Labute approximate surface area is 131 Å². The van der Waals surface area contributed by atoms with Crippen molar-refractivity contribution in [3.05, 3.63) is 65.7 Å². The Morgan fingerprint density at radius 3 is 2.09 bits per heavy atom. The molecule has 0 bridgehead atoms. The Bertz CT molecular complexity index is 717. The summed E-state index contributed by atoms with van der Waals surface area (Å²) < 4.78 is 24.3. The van der Waals surface area contributed by atoms with Gasteiger partial charge in [0.1, 0.15) is 5.78 Å². The van der Waals surface area contributed by atoms with Crippen LogP contribution in [0.15, 0.2) is 59.5 Å². The molecule has 2 aromatic carbocycles. The molecular weight excluding hydrogens is 296 g/mol. The van der Waals surface area contributed by atoms with Gasteiger partial charge in [0.2, 0.25) is 0 Å². The fourth-order valence-corrected chi connectivity index (χ4v) is 3.66. The fraction of sp³-hybridized carbons (Fsp3) is 0.278. The third-order valence-corrected chi connectivity index (χ3v) is 5.27. The summed E-state index contributed by atoms with van der Waals surface area (Å²) >= 11 is 0. The Balaban J connectivity index is 1.90. The van der Waals surface area contributed by atoms with E-state index in [9.17, 15) is 13.2 Å². The molecule has 3 nitrogen and oxygen atoms in total. The predicted octanol–water partition coefficient (Wildman–Crippen LogP) is 3.22. The summed E-state index contributed by atoms with van der Waals surface area (Å²) in [4.78, 5) is 11.4. The molecule has 4 heteroatoms. The number of rotatable bonds is 7. The molecule has 116 valence electrons. The van der Waals surface area contributed by atoms with Crippen molar-refractivity contribution in [2.75, 3.05) is 5.75 Å². The van der Waals surface area contributed by atoms with E-state index in [0.717, 1.165) is 11.1 Å². The maximum absolute atomic E-state index is 12.2. The highest BCUT2D eigenvalue weighted by atomic mass is 32.2. The molecule has 0 spiro atoms. The third kappa shape index (κ3) is 4.81. The third-order valence-electron chi connectivity index (χ3n) is 3.46. The van der Waals surface area contributed by atoms with E-state index in [1.807, 2.05) is 30.3 Å². The number of ketones is 1. The zero-order chi connectivity index (χ0) is 16.0. The Hall–Kier alpha value is -1.94. The van der Waals surface area contributed by atoms with Crippen molar-refractivity contribution < 1.29 is 13.2 Å². The van der Waals surface area contributed by atoms with Crippen molar-refractivity contribution in [2.24, 2.45) is 0 Å². The largest absolute Gasteiger partial charge is 0.300 e. The van der Waals surface area contributed by atoms with Gasteiger partial charge < -0.3 is 0 Å². The first kappa shape index (κ1) is 16.4. The average Bonchev–Trinajstić information content (AvgIpc) is 2.49. The van der Waals surface area contributed by atoms with Gasteiger partial charge in [-0.2, -0.15) is 0 Å². The van der Waals surface area contributed by atoms with Crippen molar-refractivity contribution in [3.8, 4) is 0 Å². The van der Waals surface area contributed by atoms with Gasteiger partial charge in [-0.15, -0.1) is 0 Å². The van der Waals surface area contributed by atoms with E-state index < -0.39 is 9.84 Å². The van der Waals surface area contributed by atoms with Crippen LogP contribution in [0, 0.1) is 0 Å². The van der Waals surface area contributed by atoms with Crippen LogP contribution in [0.2, 0.25) is 0 Å². The van der Waals surface area contributed by atoms with Gasteiger partial charge in [0, 0.05) is 6.42 Å². The lowest BCUT2D eigenvalue weighted by molar-refractivity contribution is -0.116. The van der Waals surface area contributed by atoms with E-state index in [2.05, 4.69) is 0 Å². The molecule has 0 aliphatic rings. The summed E-state index contributed by atoms with van der Waals surface area (Å²) in [5.41, 5.74) is 2.09. The number of carbonyl (C=O) groups is 1. The molecule has 22 heavy (non-hydrogen) atoms. The summed E-state index contributed by atoms with van der Waals surface area (Å²) in [6.07, 6.45) is 1.75. The summed E-state index contributed by atoms with van der Waals surface area (Å²) in [5.74, 6) is 0.286. The summed E-state index contributed by atoms with van der Waals surface area (Å²) in [6.45, 7) is 1.57. The molecular formula is C18H20O3S. The zero-order valence-electron chi connectivity index (χ0n) is 12.7. The second kappa shape index (κ2) is 7.36. The minimum absolute atomic E-state index is 0.140. The van der Waals surface area contributed by atoms with Crippen LogP contribution >= 0.6 is 0 Å². The van der Waals surface area contributed by atoms with E-state index >= 15 is 0 Å². The van der Waals surface area contributed by atoms with Gasteiger partial charge in [0.05, 0.1) is 10.6 Å². The number of hydrogen-bond acceptors (Lipinski definition) is 3. The number of aryl methyl sites for hydroxylation is 1. The highest BCUT2D eigenvalue weighted by Crippen LogP contribution is 2.13. The van der Waals surface area contributed by atoms with Gasteiger partial charge in [-0.05, 0) is 43.0 Å². The van der Waals surface area contributed by atoms with E-state index in [1.165, 1.54) is 0 Å². The van der Waals surface area contributed by atoms with E-state index in [0.29, 0.717) is 24.2 Å². The minimum Gasteiger partial charge on any atom is -0.300 e. The van der Waals surface area contributed by atoms with Gasteiger partial charge in [-0.1, -0.05) is 42.5 Å². The number of carbonyl (C=O) groups excluding carboxylic acids is 1. The van der Waals surface area contributed by atoms with Crippen molar-refractivity contribution in [1.82, 2.24) is 0 Å². The van der Waals surface area contributed by atoms with Crippen molar-refractivity contribution in [2.45, 2.75) is 31.1 Å². The van der Waals surface area contributed by atoms with Gasteiger partial charge in [0.25, 0.3) is 0 Å². The number of benzene rings is 2. The first-order valence-electron chi connectivity index (χ1n) is 7.32. The Kier molecular flexibility index (Phi) is 5.50. The molecule has 0 amide bonds. The second-order valence-corrected chi connectivity index (χ2v) is 7.54. The van der Waals surface area contributed by atoms with Crippen LogP contribution in [0.25, 0.3) is 0 Å². The standard InChI is InChI=1S/C18H20O3S/c1-15(19)14-17-11-9-16(10-12-17)6-5-13-22(20,21)18-7-3-2-4-8-18/h2-4,7-12H,5-6,13-14H2,1H3. The SMILES string of the molecule is CC(=O)Cc1ccc(CCCS(=O)(=O)c2ccccc2)cc1. The highest BCUT2D eigenvalue weighted by Gasteiger charge is 2.13. The molecule has 0 aliphatic heterocycles. The lowest BCUT2D eigenvalue weighted by atomic mass is 10.0. The van der Waals surface area contributed by atoms with Crippen molar-refractivity contribution >= 4 is 15.6 Å². The molecule has 0 unspecified atom stereocenters. The highest BCUT2D eigenvalue weighted by molar-refractivity contribution is 7.91. The molecule has 0 heterocycles. The molecule has 2 aromatic rings. The van der Waals surface area contributed by atoms with Crippen LogP contribution in [0.1, 0.15) is 24.5 Å². The summed E-state index contributed by atoms with van der Waals surface area (Å²) in [5, 5.41) is 0. The molecule has 0 saturated carbocycles. The van der Waals surface area contributed by atoms with E-state index in [-0.39, 0.29) is 11.5 Å². The average molecular weight is 316 g/mol. The van der Waals surface area contributed by atoms with E-state index in [1.54, 1.807) is 31.2 Å². The molecule has 0 radical (unpaired) electrons. The van der Waals surface area contributed by atoms with Gasteiger partial charge in [-0.3, -0.25) is 4.79 Å². The zero-order valence-corrected chi connectivity index (χ0v) is 13.5. The van der Waals surface area contributed by atoms with Gasteiger partial charge in [0.15, 0.2) is 9.84 Å². The van der Waals surface area contributed by atoms with Crippen LogP contribution < -0.4 is 0 Å². The lowest BCUT2D eigenvalue weighted by Crippen LogP contribution is -2.07. The summed E-state index contributed by atoms with van der Waals surface area (Å²) in [7, 11) is -3.20. The number of Topliss-reactive ketones (excluding diaryl/α,β-unsaturated/α-hetero) is 1. The van der Waals surface area contributed by atoms with E-state index in [4.69, 9.17) is 0 Å². The summed E-state index contributed by atoms with van der Waals surface area (Å²) in [6, 6.07) is 16.3. The Morgan fingerprint density at radius 2 is 1.50 bits per heavy atom. The maximum atomic E-state index is 12.2. The van der Waals surface area contributed by atoms with Crippen LogP contribution in [0.3, 0.4) is 0 Å². The van der Waals surface area contributed by atoms with Crippen LogP contribution in [-0.4, -0.2) is 20.0 Å². The molecule has 0 fully saturated rings. The van der Waals surface area contributed by atoms with Gasteiger partial charge >= 0.3 is 0 Å². The van der Waals surface area contributed by atoms with Crippen molar-refractivity contribution in [1.29, 1.82) is 0 Å². The number of sulfone groups is 1. The monoisotopic (exact) mass is 316 g/mol. The number of hydrogen-bond donors (Lipinski definition) is 0. The molecule has 0 saturated heterocycles. The van der Waals surface area contributed by atoms with Gasteiger partial charge in [-0.25, -0.2) is 8.42 Å². The molecule has 0 atom stereocenters. The molecule has 2 rings (SSSR count). The lowest BCUT2D eigenvalue weighted by Gasteiger charge is -2.05. The Morgan fingerprint density at radius 1 is 0.909 bits per heavy atom. The van der Waals surface area contributed by atoms with Crippen LogP contribution in [0.4, 0.5) is 0 Å². The second-order valence-electron chi connectivity index (χ2n) is 5.43. The van der Waals surface area contributed by atoms with Crippen molar-refractivity contribution in [3.63, 3.8) is 0 Å². The molecule has 0 aliphatic carbocycles. The topological polar surface area (TPSA) is 51.2 Å². The quantitative estimate of drug-likeness (QED) is 0.788. The molecule has 0 aromatic heterocycles. The van der Waals surface area contributed by atoms with Crippen LogP contribution in [0.5, 0.6) is 0 Å². The molecule has 0 N–H and O–H groups in total. The normalized spacial score (nSPS) is 11.3. The smallest absolute Gasteiger partial charge is 0.178 e. The predicted molar refractivity (Wildman–Crippen MR) is 87.6 cm³/mol. The maximum Gasteiger partial charge on any atom is 0.178 e. The first-order chi connectivity index (χ1) is 10.5.